The van der Waals surface area contributed by atoms with Crippen LogP contribution >= 0.6 is 0 Å². The molecule has 0 radical (unpaired) electrons. The molecule has 0 N–H and O–H groups in total. The van der Waals surface area contributed by atoms with E-state index in [9.17, 15) is 14.3 Å². The molecule has 1 atom stereocenters. The van der Waals surface area contributed by atoms with Gasteiger partial charge in [-0.05, 0) is 73.9 Å². The maximum atomic E-state index is 11.9. The largest absolute Gasteiger partial charge is 0.466 e. The molecule has 0 aliphatic rings. The first kappa shape index (κ1) is 21.5. The molecule has 0 aliphatic heterocycles. The van der Waals surface area contributed by atoms with Gasteiger partial charge in [0.15, 0.2) is 0 Å². The fourth-order valence-corrected chi connectivity index (χ4v) is 3.96. The van der Waals surface area contributed by atoms with E-state index >= 15 is 0 Å². The highest BCUT2D eigenvalue weighted by atomic mass is 32.2. The number of ether oxygens (including phenoxy) is 1. The smallest absolute Gasteiger partial charge is 0.306 e. The van der Waals surface area contributed by atoms with Gasteiger partial charge in [-0.2, -0.15) is 5.26 Å². The van der Waals surface area contributed by atoms with Crippen LogP contribution in [0, 0.1) is 18.3 Å². The van der Waals surface area contributed by atoms with Crippen molar-refractivity contribution in [1.29, 1.82) is 5.26 Å². The average Bonchev–Trinajstić information content (AvgIpc) is 3.16. The molecule has 3 aromatic rings. The van der Waals surface area contributed by atoms with Gasteiger partial charge in [-0.15, -0.1) is 0 Å². The number of hydrogen-bond acceptors (Lipinski definition) is 4. The summed E-state index contributed by atoms with van der Waals surface area (Å²) in [5.41, 5.74) is 5.46. The Kier molecular flexibility index (Phi) is 6.86. The summed E-state index contributed by atoms with van der Waals surface area (Å²) >= 11 is 0. The Labute approximate surface area is 179 Å². The number of aryl methyl sites for hydroxylation is 2. The fourth-order valence-electron chi connectivity index (χ4n) is 3.44. The minimum atomic E-state index is -1.04. The number of aromatic nitrogens is 1. The van der Waals surface area contributed by atoms with Crippen molar-refractivity contribution in [3.05, 3.63) is 71.4 Å². The van der Waals surface area contributed by atoms with Crippen LogP contribution in [0.25, 0.3) is 16.9 Å². The van der Waals surface area contributed by atoms with E-state index in [0.29, 0.717) is 25.0 Å². The highest BCUT2D eigenvalue weighted by Gasteiger charge is 2.16. The van der Waals surface area contributed by atoms with Crippen LogP contribution in [0.2, 0.25) is 0 Å². The molecule has 1 aromatic heterocycles. The molecule has 154 valence electrons. The zero-order chi connectivity index (χ0) is 21.7. The lowest BCUT2D eigenvalue weighted by atomic mass is 10.1. The molecular weight excluding hydrogens is 396 g/mol. The third-order valence-electron chi connectivity index (χ3n) is 4.90. The van der Waals surface area contributed by atoms with Crippen molar-refractivity contribution in [2.24, 2.45) is 0 Å². The van der Waals surface area contributed by atoms with Crippen molar-refractivity contribution in [2.75, 3.05) is 12.9 Å². The molecule has 0 spiro atoms. The maximum Gasteiger partial charge on any atom is 0.306 e. The second kappa shape index (κ2) is 9.55. The summed E-state index contributed by atoms with van der Waals surface area (Å²) in [6, 6.07) is 19.4. The summed E-state index contributed by atoms with van der Waals surface area (Å²) in [7, 11) is -1.04. The van der Waals surface area contributed by atoms with E-state index in [1.54, 1.807) is 19.2 Å². The van der Waals surface area contributed by atoms with Crippen LogP contribution in [0.15, 0.2) is 59.5 Å². The van der Waals surface area contributed by atoms with Gasteiger partial charge < -0.3 is 9.30 Å². The Morgan fingerprint density at radius 1 is 1.13 bits per heavy atom. The lowest BCUT2D eigenvalue weighted by molar-refractivity contribution is -0.143. The van der Waals surface area contributed by atoms with Gasteiger partial charge in [0.2, 0.25) is 0 Å². The summed E-state index contributed by atoms with van der Waals surface area (Å²) in [6.45, 7) is 4.13. The Hall–Kier alpha value is -3.17. The average molecular weight is 421 g/mol. The maximum absolute atomic E-state index is 11.9. The van der Waals surface area contributed by atoms with E-state index in [2.05, 4.69) is 10.6 Å². The van der Waals surface area contributed by atoms with Gasteiger partial charge in [0.05, 0.1) is 30.4 Å². The number of esters is 1. The minimum Gasteiger partial charge on any atom is -0.466 e. The summed E-state index contributed by atoms with van der Waals surface area (Å²) in [5, 5.41) is 9.20. The Bertz CT molecular complexity index is 1120. The van der Waals surface area contributed by atoms with E-state index in [4.69, 9.17) is 4.74 Å². The third-order valence-corrected chi connectivity index (χ3v) is 5.84. The molecule has 1 heterocycles. The minimum absolute atomic E-state index is 0.224. The molecule has 0 aliphatic carbocycles. The molecule has 0 saturated carbocycles. The van der Waals surface area contributed by atoms with Crippen LogP contribution in [0.3, 0.4) is 0 Å². The van der Waals surface area contributed by atoms with Gasteiger partial charge in [-0.1, -0.05) is 12.1 Å². The molecule has 5 nitrogen and oxygen atoms in total. The molecule has 0 bridgehead atoms. The van der Waals surface area contributed by atoms with Crippen LogP contribution in [-0.2, 0) is 26.8 Å². The predicted octanol–water partition coefficient (Wildman–Crippen LogP) is 4.56. The van der Waals surface area contributed by atoms with Gasteiger partial charge in [0.1, 0.15) is 0 Å². The normalized spacial score (nSPS) is 11.7. The Morgan fingerprint density at radius 3 is 2.47 bits per heavy atom. The quantitative estimate of drug-likeness (QED) is 0.526. The lowest BCUT2D eigenvalue weighted by Gasteiger charge is -2.17. The third kappa shape index (κ3) is 4.69. The zero-order valence-electron chi connectivity index (χ0n) is 17.3. The molecule has 1 unspecified atom stereocenters. The van der Waals surface area contributed by atoms with Crippen LogP contribution in [0.1, 0.15) is 30.2 Å². The summed E-state index contributed by atoms with van der Waals surface area (Å²) < 4.78 is 18.9. The first-order valence-electron chi connectivity index (χ1n) is 9.75. The van der Waals surface area contributed by atoms with E-state index in [-0.39, 0.29) is 5.97 Å². The summed E-state index contributed by atoms with van der Waals surface area (Å²) in [4.78, 5) is 12.7. The van der Waals surface area contributed by atoms with Gasteiger partial charge >= 0.3 is 5.97 Å². The highest BCUT2D eigenvalue weighted by Crippen LogP contribution is 2.30. The predicted molar refractivity (Wildman–Crippen MR) is 118 cm³/mol. The first-order valence-corrected chi connectivity index (χ1v) is 11.3. The van der Waals surface area contributed by atoms with Crippen molar-refractivity contribution in [3.8, 4) is 23.0 Å². The van der Waals surface area contributed by atoms with Crippen molar-refractivity contribution in [2.45, 2.75) is 31.6 Å². The molecule has 0 saturated heterocycles. The van der Waals surface area contributed by atoms with Crippen molar-refractivity contribution < 1.29 is 13.7 Å². The topological polar surface area (TPSA) is 72.1 Å². The Morgan fingerprint density at radius 2 is 1.87 bits per heavy atom. The van der Waals surface area contributed by atoms with Crippen molar-refractivity contribution in [1.82, 2.24) is 4.57 Å². The van der Waals surface area contributed by atoms with E-state index in [1.807, 2.05) is 55.5 Å². The number of nitrogens with zero attached hydrogens (tertiary/aromatic N) is 2. The monoisotopic (exact) mass is 420 g/mol. The number of carbonyl (C=O) groups is 1. The van der Waals surface area contributed by atoms with E-state index in [1.165, 1.54) is 0 Å². The van der Waals surface area contributed by atoms with Gasteiger partial charge in [-0.3, -0.25) is 9.00 Å². The number of hydrogen-bond donors (Lipinski definition) is 0. The summed E-state index contributed by atoms with van der Waals surface area (Å²) in [6.07, 6.45) is 2.49. The summed E-state index contributed by atoms with van der Waals surface area (Å²) in [5.74, 6) is -0.224. The first-order chi connectivity index (χ1) is 14.4. The number of benzene rings is 2. The molecule has 0 amide bonds. The molecule has 2 aromatic carbocycles. The standard InChI is InChI=1S/C24H24N2O3S/c1-4-29-24(27)14-9-20-8-13-23(19-6-10-21(11-7-19)30(3)28)26(20)22-12-5-18(16-25)15-17(22)2/h5-8,10-13,15H,4,9,14H2,1-3H3. The van der Waals surface area contributed by atoms with Crippen LogP contribution in [0.4, 0.5) is 0 Å². The fraction of sp³-hybridized carbons (Fsp3) is 0.250. The number of carbonyl (C=O) groups excluding carboxylic acids is 1. The Balaban J connectivity index is 2.08. The van der Waals surface area contributed by atoms with Crippen LogP contribution in [0.5, 0.6) is 0 Å². The van der Waals surface area contributed by atoms with Crippen molar-refractivity contribution >= 4 is 16.8 Å². The van der Waals surface area contributed by atoms with Gasteiger partial charge in [-0.25, -0.2) is 0 Å². The molecule has 30 heavy (non-hydrogen) atoms. The SMILES string of the molecule is CCOC(=O)CCc1ccc(-c2ccc(S(C)=O)cc2)n1-c1ccc(C#N)cc1C. The second-order valence-corrected chi connectivity index (χ2v) is 8.32. The number of nitriles is 1. The van der Waals surface area contributed by atoms with Crippen LogP contribution in [-0.4, -0.2) is 27.6 Å². The van der Waals surface area contributed by atoms with Gasteiger partial charge in [0, 0.05) is 33.3 Å². The van der Waals surface area contributed by atoms with Crippen molar-refractivity contribution in [3.63, 3.8) is 0 Å². The van der Waals surface area contributed by atoms with Gasteiger partial charge in [0.25, 0.3) is 0 Å². The van der Waals surface area contributed by atoms with Crippen LogP contribution < -0.4 is 0 Å². The second-order valence-electron chi connectivity index (χ2n) is 6.94. The molecular formula is C24H24N2O3S. The molecule has 3 rings (SSSR count). The van der Waals surface area contributed by atoms with E-state index < -0.39 is 10.8 Å². The molecule has 6 heteroatoms. The zero-order valence-corrected chi connectivity index (χ0v) is 18.2. The lowest BCUT2D eigenvalue weighted by Crippen LogP contribution is -2.09. The van der Waals surface area contributed by atoms with E-state index in [0.717, 1.165) is 33.1 Å². The molecule has 0 fully saturated rings. The highest BCUT2D eigenvalue weighted by molar-refractivity contribution is 7.84. The number of rotatable bonds is 7.